The number of aromatic amines is 1. The number of H-pyrrole nitrogens is 1. The summed E-state index contributed by atoms with van der Waals surface area (Å²) in [7, 11) is 0. The van der Waals surface area contributed by atoms with Gasteiger partial charge in [-0.25, -0.2) is 5.10 Å². The first-order valence-electron chi connectivity index (χ1n) is 6.57. The summed E-state index contributed by atoms with van der Waals surface area (Å²) in [4.78, 5) is 11.3. The zero-order valence-electron chi connectivity index (χ0n) is 11.4. The van der Waals surface area contributed by atoms with Gasteiger partial charge < -0.3 is 0 Å². The molecule has 0 bridgehead atoms. The van der Waals surface area contributed by atoms with Gasteiger partial charge in [0.2, 0.25) is 0 Å². The molecular weight excluding hydrogens is 375 g/mol. The topological polar surface area (TPSA) is 45.8 Å². The zero-order valence-corrected chi connectivity index (χ0v) is 13.6. The summed E-state index contributed by atoms with van der Waals surface area (Å²) in [6.07, 6.45) is 0. The lowest BCUT2D eigenvalue weighted by Gasteiger charge is -2.09. The van der Waals surface area contributed by atoms with Gasteiger partial charge in [0.25, 0.3) is 5.56 Å². The van der Waals surface area contributed by atoms with Crippen LogP contribution < -0.4 is 5.56 Å². The molecule has 0 aliphatic carbocycles. The number of hydrogen-bond acceptors (Lipinski definition) is 2. The predicted octanol–water partition coefficient (Wildman–Crippen LogP) is 4.02. The number of nitrogens with zero attached hydrogens (tertiary/aromatic N) is 1. The van der Waals surface area contributed by atoms with Crippen LogP contribution in [0, 0.1) is 10.5 Å². The van der Waals surface area contributed by atoms with E-state index in [1.807, 2.05) is 31.2 Å². The molecule has 0 aliphatic rings. The second-order valence-corrected chi connectivity index (χ2v) is 5.99. The number of aromatic nitrogens is 2. The van der Waals surface area contributed by atoms with Gasteiger partial charge in [-0.3, -0.25) is 4.79 Å². The Balaban J connectivity index is 2.08. The molecule has 3 aromatic rings. The summed E-state index contributed by atoms with van der Waals surface area (Å²) in [5.41, 5.74) is 4.91. The summed E-state index contributed by atoms with van der Waals surface area (Å²) in [5, 5.41) is 6.65. The van der Waals surface area contributed by atoms with E-state index in [1.165, 1.54) is 11.1 Å². The van der Waals surface area contributed by atoms with Crippen LogP contribution in [0.1, 0.15) is 5.56 Å². The highest BCUT2D eigenvalue weighted by Crippen LogP contribution is 2.29. The minimum Gasteiger partial charge on any atom is -0.268 e. The van der Waals surface area contributed by atoms with Gasteiger partial charge in [-0.05, 0) is 52.3 Å². The van der Waals surface area contributed by atoms with Crippen LogP contribution in [0.25, 0.3) is 22.4 Å². The molecule has 0 spiro atoms. The highest BCUT2D eigenvalue weighted by atomic mass is 127. The average Bonchev–Trinajstić information content (AvgIpc) is 2.48. The van der Waals surface area contributed by atoms with Gasteiger partial charge in [-0.1, -0.05) is 42.5 Å². The van der Waals surface area contributed by atoms with Gasteiger partial charge >= 0.3 is 0 Å². The van der Waals surface area contributed by atoms with E-state index in [2.05, 4.69) is 57.1 Å². The first kappa shape index (κ1) is 14.0. The first-order chi connectivity index (χ1) is 10.1. The van der Waals surface area contributed by atoms with Crippen molar-refractivity contribution in [3.8, 4) is 22.4 Å². The van der Waals surface area contributed by atoms with Crippen molar-refractivity contribution in [1.29, 1.82) is 0 Å². The predicted molar refractivity (Wildman–Crippen MR) is 93.2 cm³/mol. The Morgan fingerprint density at radius 2 is 1.76 bits per heavy atom. The van der Waals surface area contributed by atoms with Gasteiger partial charge in [0, 0.05) is 15.2 Å². The normalized spacial score (nSPS) is 10.6. The Hall–Kier alpha value is -1.95. The fraction of sp³-hybridized carbons (Fsp3) is 0.0588. The Labute approximate surface area is 136 Å². The highest BCUT2D eigenvalue weighted by molar-refractivity contribution is 14.1. The second-order valence-electron chi connectivity index (χ2n) is 4.82. The molecule has 0 saturated carbocycles. The standard InChI is InChI=1S/C17H13IN2O/c1-11-9-16(21)19-20-17(11)13-7-8-14(15(18)10-13)12-5-3-2-4-6-12/h2-10H,1H3,(H,19,21). The molecule has 1 N–H and O–H groups in total. The smallest absolute Gasteiger partial charge is 0.264 e. The monoisotopic (exact) mass is 388 g/mol. The van der Waals surface area contributed by atoms with Crippen LogP contribution in [-0.2, 0) is 0 Å². The fourth-order valence-electron chi connectivity index (χ4n) is 2.30. The third kappa shape index (κ3) is 2.90. The molecule has 0 saturated heterocycles. The van der Waals surface area contributed by atoms with Crippen LogP contribution in [0.15, 0.2) is 59.4 Å². The van der Waals surface area contributed by atoms with Crippen LogP contribution in [0.5, 0.6) is 0 Å². The second kappa shape index (κ2) is 5.81. The van der Waals surface area contributed by atoms with Crippen molar-refractivity contribution in [2.45, 2.75) is 6.92 Å². The molecule has 1 aromatic heterocycles. The minimum atomic E-state index is -0.174. The third-order valence-corrected chi connectivity index (χ3v) is 4.22. The number of nitrogens with one attached hydrogen (secondary N) is 1. The lowest BCUT2D eigenvalue weighted by atomic mass is 10.0. The molecule has 3 nitrogen and oxygen atoms in total. The summed E-state index contributed by atoms with van der Waals surface area (Å²) < 4.78 is 1.16. The minimum absolute atomic E-state index is 0.174. The molecule has 0 aliphatic heterocycles. The molecule has 0 fully saturated rings. The average molecular weight is 388 g/mol. The van der Waals surface area contributed by atoms with Crippen molar-refractivity contribution in [3.63, 3.8) is 0 Å². The van der Waals surface area contributed by atoms with Crippen molar-refractivity contribution in [2.24, 2.45) is 0 Å². The van der Waals surface area contributed by atoms with E-state index in [-0.39, 0.29) is 5.56 Å². The molecule has 104 valence electrons. The van der Waals surface area contributed by atoms with Crippen molar-refractivity contribution < 1.29 is 0 Å². The Morgan fingerprint density at radius 1 is 1.00 bits per heavy atom. The fourth-order valence-corrected chi connectivity index (χ4v) is 3.13. The van der Waals surface area contributed by atoms with E-state index in [4.69, 9.17) is 0 Å². The van der Waals surface area contributed by atoms with E-state index < -0.39 is 0 Å². The Bertz CT molecular complexity index is 841. The number of rotatable bonds is 2. The SMILES string of the molecule is Cc1cc(=O)[nH]nc1-c1ccc(-c2ccccc2)c(I)c1. The maximum atomic E-state index is 11.3. The largest absolute Gasteiger partial charge is 0.268 e. The Morgan fingerprint density at radius 3 is 2.43 bits per heavy atom. The quantitative estimate of drug-likeness (QED) is 0.675. The number of hydrogen-bond donors (Lipinski definition) is 1. The molecule has 2 aromatic carbocycles. The number of halogens is 1. The maximum Gasteiger partial charge on any atom is 0.264 e. The lowest BCUT2D eigenvalue weighted by molar-refractivity contribution is 0.981. The first-order valence-corrected chi connectivity index (χ1v) is 7.65. The van der Waals surface area contributed by atoms with Crippen LogP contribution in [0.3, 0.4) is 0 Å². The Kier molecular flexibility index (Phi) is 3.88. The molecule has 0 unspecified atom stereocenters. The summed E-state index contributed by atoms with van der Waals surface area (Å²) in [6.45, 7) is 1.90. The summed E-state index contributed by atoms with van der Waals surface area (Å²) in [5.74, 6) is 0. The van der Waals surface area contributed by atoms with Crippen LogP contribution in [0.4, 0.5) is 0 Å². The van der Waals surface area contributed by atoms with Crippen molar-refractivity contribution in [2.75, 3.05) is 0 Å². The molecule has 4 heteroatoms. The molecular formula is C17H13IN2O. The number of aryl methyl sites for hydroxylation is 1. The van der Waals surface area contributed by atoms with Gasteiger partial charge in [0.15, 0.2) is 0 Å². The summed E-state index contributed by atoms with van der Waals surface area (Å²) in [6, 6.07) is 18.1. The van der Waals surface area contributed by atoms with Crippen LogP contribution >= 0.6 is 22.6 Å². The van der Waals surface area contributed by atoms with E-state index >= 15 is 0 Å². The van der Waals surface area contributed by atoms with E-state index in [0.717, 1.165) is 20.4 Å². The van der Waals surface area contributed by atoms with Gasteiger partial charge in [-0.2, -0.15) is 5.10 Å². The lowest BCUT2D eigenvalue weighted by Crippen LogP contribution is -2.08. The van der Waals surface area contributed by atoms with Gasteiger partial charge in [-0.15, -0.1) is 0 Å². The zero-order chi connectivity index (χ0) is 14.8. The van der Waals surface area contributed by atoms with Crippen LogP contribution in [0.2, 0.25) is 0 Å². The number of benzene rings is 2. The van der Waals surface area contributed by atoms with Gasteiger partial charge in [0.05, 0.1) is 5.69 Å². The molecule has 0 radical (unpaired) electrons. The van der Waals surface area contributed by atoms with Crippen LogP contribution in [-0.4, -0.2) is 10.2 Å². The molecule has 0 amide bonds. The van der Waals surface area contributed by atoms with E-state index in [9.17, 15) is 4.79 Å². The molecule has 21 heavy (non-hydrogen) atoms. The summed E-state index contributed by atoms with van der Waals surface area (Å²) >= 11 is 2.33. The van der Waals surface area contributed by atoms with E-state index in [0.29, 0.717) is 0 Å². The molecule has 0 atom stereocenters. The molecule has 3 rings (SSSR count). The highest BCUT2D eigenvalue weighted by Gasteiger charge is 2.08. The third-order valence-electron chi connectivity index (χ3n) is 3.33. The van der Waals surface area contributed by atoms with Crippen molar-refractivity contribution in [3.05, 3.63) is 74.1 Å². The maximum absolute atomic E-state index is 11.3. The van der Waals surface area contributed by atoms with Gasteiger partial charge in [0.1, 0.15) is 0 Å². The van der Waals surface area contributed by atoms with E-state index in [1.54, 1.807) is 6.07 Å². The van der Waals surface area contributed by atoms with Crippen molar-refractivity contribution >= 4 is 22.6 Å². The van der Waals surface area contributed by atoms with Crippen molar-refractivity contribution in [1.82, 2.24) is 10.2 Å². The molecule has 1 heterocycles.